The summed E-state index contributed by atoms with van der Waals surface area (Å²) in [5, 5.41) is 18.6. The Balaban J connectivity index is 1.34. The number of nitrogens with zero attached hydrogens (tertiary/aromatic N) is 6. The smallest absolute Gasteiger partial charge is 0.416 e. The molecular formula is C28H24F4N8O5. The highest BCUT2D eigenvalue weighted by molar-refractivity contribution is 5.81. The molecule has 1 aliphatic heterocycles. The molecule has 45 heavy (non-hydrogen) atoms. The quantitative estimate of drug-likeness (QED) is 0.0955. The van der Waals surface area contributed by atoms with Crippen LogP contribution in [-0.2, 0) is 10.9 Å². The number of nitrogens with one attached hydrogen (secondary N) is 2. The molecule has 0 unspecified atom stereocenters. The first kappa shape index (κ1) is 30.9. The second kappa shape index (κ2) is 13.4. The molecule has 1 aliphatic rings. The number of hydrazone groups is 1. The van der Waals surface area contributed by atoms with Crippen molar-refractivity contribution in [2.45, 2.75) is 6.18 Å². The van der Waals surface area contributed by atoms with Crippen molar-refractivity contribution in [2.24, 2.45) is 5.10 Å². The lowest BCUT2D eigenvalue weighted by atomic mass is 10.1. The standard InChI is InChI=1S/C28H24F4N8O5/c1-43-24-14-17(2-8-23(24)45-22-9-3-18(28(30,31)32)15-21(22)40(41)42)16-33-38-26-35-25(34-20-6-4-19(29)5-7-20)36-27(37-26)39-10-12-44-13-11-39/h2-9,14-16H,10-13H2,1H3,(H2,34,35,36,37,38). The number of morpholine rings is 1. The fraction of sp³-hybridized carbons (Fsp3) is 0.214. The maximum atomic E-state index is 13.4. The Kier molecular flexibility index (Phi) is 9.17. The first-order chi connectivity index (χ1) is 21.6. The topological polar surface area (TPSA) is 149 Å². The zero-order valence-corrected chi connectivity index (χ0v) is 23.4. The lowest BCUT2D eigenvalue weighted by molar-refractivity contribution is -0.385. The molecule has 2 N–H and O–H groups in total. The minimum absolute atomic E-state index is 0.0228. The van der Waals surface area contributed by atoms with Gasteiger partial charge in [0, 0.05) is 24.8 Å². The van der Waals surface area contributed by atoms with Gasteiger partial charge < -0.3 is 24.4 Å². The summed E-state index contributed by atoms with van der Waals surface area (Å²) in [6.45, 7) is 2.13. The normalized spacial score (nSPS) is 13.5. The van der Waals surface area contributed by atoms with E-state index in [-0.39, 0.29) is 29.2 Å². The van der Waals surface area contributed by atoms with Crippen molar-refractivity contribution < 1.29 is 36.7 Å². The molecule has 2 heterocycles. The van der Waals surface area contributed by atoms with Gasteiger partial charge in [0.05, 0.1) is 37.0 Å². The summed E-state index contributed by atoms with van der Waals surface area (Å²) in [7, 11) is 1.33. The van der Waals surface area contributed by atoms with Crippen LogP contribution in [0.1, 0.15) is 11.1 Å². The van der Waals surface area contributed by atoms with Gasteiger partial charge in [-0.05, 0) is 60.2 Å². The summed E-state index contributed by atoms with van der Waals surface area (Å²) >= 11 is 0. The van der Waals surface area contributed by atoms with E-state index in [1.54, 1.807) is 6.07 Å². The minimum atomic E-state index is -4.76. The summed E-state index contributed by atoms with van der Waals surface area (Å²) in [5.41, 5.74) is 1.77. The summed E-state index contributed by atoms with van der Waals surface area (Å²) in [4.78, 5) is 25.6. The minimum Gasteiger partial charge on any atom is -0.493 e. The Hall–Kier alpha value is -5.58. The first-order valence-electron chi connectivity index (χ1n) is 13.2. The lowest BCUT2D eigenvalue weighted by Crippen LogP contribution is -2.37. The van der Waals surface area contributed by atoms with Crippen LogP contribution >= 0.6 is 0 Å². The number of alkyl halides is 3. The maximum absolute atomic E-state index is 13.4. The van der Waals surface area contributed by atoms with Crippen molar-refractivity contribution in [1.82, 2.24) is 15.0 Å². The van der Waals surface area contributed by atoms with Crippen LogP contribution in [0.4, 0.5) is 46.8 Å². The van der Waals surface area contributed by atoms with Gasteiger partial charge in [0.2, 0.25) is 23.6 Å². The van der Waals surface area contributed by atoms with Crippen LogP contribution in [0.15, 0.2) is 65.8 Å². The number of hydrogen-bond acceptors (Lipinski definition) is 12. The van der Waals surface area contributed by atoms with Crippen molar-refractivity contribution in [1.29, 1.82) is 0 Å². The van der Waals surface area contributed by atoms with E-state index in [1.807, 2.05) is 4.90 Å². The third-order valence-corrected chi connectivity index (χ3v) is 6.29. The number of aromatic nitrogens is 3. The number of benzene rings is 3. The zero-order chi connectivity index (χ0) is 32.0. The van der Waals surface area contributed by atoms with E-state index in [4.69, 9.17) is 14.2 Å². The number of ether oxygens (including phenoxy) is 3. The van der Waals surface area contributed by atoms with Crippen LogP contribution < -0.4 is 25.1 Å². The SMILES string of the molecule is COc1cc(C=NNc2nc(Nc3ccc(F)cc3)nc(N3CCOCC3)n2)ccc1Oc1ccc(C(F)(F)F)cc1[N+](=O)[O-]. The van der Waals surface area contributed by atoms with Gasteiger partial charge >= 0.3 is 11.9 Å². The predicted octanol–water partition coefficient (Wildman–Crippen LogP) is 5.76. The van der Waals surface area contributed by atoms with E-state index in [0.29, 0.717) is 55.6 Å². The number of rotatable bonds is 10. The maximum Gasteiger partial charge on any atom is 0.416 e. The Labute approximate surface area is 252 Å². The molecule has 0 aliphatic carbocycles. The van der Waals surface area contributed by atoms with Crippen LogP contribution in [0, 0.1) is 15.9 Å². The lowest BCUT2D eigenvalue weighted by Gasteiger charge is -2.27. The number of methoxy groups -OCH3 is 1. The average molecular weight is 629 g/mol. The Bertz CT molecular complexity index is 1700. The Morgan fingerprint density at radius 1 is 0.978 bits per heavy atom. The molecule has 0 bridgehead atoms. The third kappa shape index (κ3) is 7.88. The van der Waals surface area contributed by atoms with Crippen molar-refractivity contribution in [3.05, 3.63) is 87.7 Å². The fourth-order valence-corrected chi connectivity index (χ4v) is 4.09. The molecule has 0 saturated carbocycles. The highest BCUT2D eigenvalue weighted by Gasteiger charge is 2.33. The number of nitro benzene ring substituents is 1. The van der Waals surface area contributed by atoms with Gasteiger partial charge in [-0.1, -0.05) is 0 Å². The summed E-state index contributed by atoms with van der Waals surface area (Å²) in [6.07, 6.45) is -3.35. The van der Waals surface area contributed by atoms with E-state index in [2.05, 4.69) is 30.8 Å². The van der Waals surface area contributed by atoms with Crippen LogP contribution in [0.3, 0.4) is 0 Å². The van der Waals surface area contributed by atoms with Gasteiger partial charge in [-0.25, -0.2) is 9.82 Å². The van der Waals surface area contributed by atoms with Gasteiger partial charge in [0.25, 0.3) is 0 Å². The van der Waals surface area contributed by atoms with Crippen LogP contribution in [0.25, 0.3) is 0 Å². The van der Waals surface area contributed by atoms with E-state index in [1.165, 1.54) is 49.7 Å². The molecule has 1 aromatic heterocycles. The highest BCUT2D eigenvalue weighted by atomic mass is 19.4. The summed E-state index contributed by atoms with van der Waals surface area (Å²) in [5.74, 6) is 0.0361. The second-order valence-corrected chi connectivity index (χ2v) is 9.33. The molecule has 0 atom stereocenters. The van der Waals surface area contributed by atoms with E-state index in [9.17, 15) is 27.7 Å². The number of hydrogen-bond donors (Lipinski definition) is 2. The third-order valence-electron chi connectivity index (χ3n) is 6.29. The molecule has 0 amide bonds. The molecule has 17 heteroatoms. The zero-order valence-electron chi connectivity index (χ0n) is 23.4. The molecule has 4 aromatic rings. The Morgan fingerprint density at radius 3 is 2.38 bits per heavy atom. The molecule has 5 rings (SSSR count). The van der Waals surface area contributed by atoms with Crippen molar-refractivity contribution in [3.63, 3.8) is 0 Å². The average Bonchev–Trinajstić information content (AvgIpc) is 3.02. The Morgan fingerprint density at radius 2 is 1.69 bits per heavy atom. The molecular weight excluding hydrogens is 604 g/mol. The molecule has 13 nitrogen and oxygen atoms in total. The van der Waals surface area contributed by atoms with Gasteiger partial charge in [0.1, 0.15) is 5.82 Å². The van der Waals surface area contributed by atoms with E-state index >= 15 is 0 Å². The van der Waals surface area contributed by atoms with Gasteiger partial charge in [-0.2, -0.15) is 33.2 Å². The molecule has 0 spiro atoms. The summed E-state index contributed by atoms with van der Waals surface area (Å²) < 4.78 is 68.8. The molecule has 1 fully saturated rings. The monoisotopic (exact) mass is 628 g/mol. The second-order valence-electron chi connectivity index (χ2n) is 9.33. The van der Waals surface area contributed by atoms with Crippen molar-refractivity contribution in [2.75, 3.05) is 49.1 Å². The van der Waals surface area contributed by atoms with Crippen molar-refractivity contribution >= 4 is 35.4 Å². The van der Waals surface area contributed by atoms with Gasteiger partial charge in [-0.3, -0.25) is 10.1 Å². The highest BCUT2D eigenvalue weighted by Crippen LogP contribution is 2.40. The summed E-state index contributed by atoms with van der Waals surface area (Å²) in [6, 6.07) is 12.1. The van der Waals surface area contributed by atoms with Crippen molar-refractivity contribution in [3.8, 4) is 17.2 Å². The number of halogens is 4. The molecule has 1 saturated heterocycles. The van der Waals surface area contributed by atoms with Gasteiger partial charge in [-0.15, -0.1) is 0 Å². The molecule has 234 valence electrons. The van der Waals surface area contributed by atoms with Gasteiger partial charge in [0.15, 0.2) is 11.5 Å². The molecule has 0 radical (unpaired) electrons. The fourth-order valence-electron chi connectivity index (χ4n) is 4.09. The van der Waals surface area contributed by atoms with E-state index < -0.39 is 28.1 Å². The van der Waals surface area contributed by atoms with Crippen LogP contribution in [0.2, 0.25) is 0 Å². The number of nitro groups is 1. The largest absolute Gasteiger partial charge is 0.493 e. The number of anilines is 4. The first-order valence-corrected chi connectivity index (χ1v) is 13.2. The predicted molar refractivity (Wildman–Crippen MR) is 155 cm³/mol. The van der Waals surface area contributed by atoms with Crippen LogP contribution in [0.5, 0.6) is 17.2 Å². The van der Waals surface area contributed by atoms with E-state index in [0.717, 1.165) is 6.07 Å². The molecule has 3 aromatic carbocycles. The van der Waals surface area contributed by atoms with Crippen LogP contribution in [-0.4, -0.2) is 59.5 Å².